The number of carbonyl (C=O) groups excluding carboxylic acids is 2. The molecule has 2 amide bonds. The second-order valence-electron chi connectivity index (χ2n) is 6.49. The number of nitrogens with zero attached hydrogens (tertiary/aromatic N) is 3. The normalized spacial score (nSPS) is 20.8. The maximum absolute atomic E-state index is 12.8. The van der Waals surface area contributed by atoms with Gasteiger partial charge in [0.15, 0.2) is 6.10 Å². The van der Waals surface area contributed by atoms with Crippen molar-refractivity contribution in [2.24, 2.45) is 5.10 Å². The zero-order chi connectivity index (χ0) is 18.8. The first-order valence-corrected chi connectivity index (χ1v) is 8.48. The number of carboxylic acids is 1. The first kappa shape index (κ1) is 18.1. The van der Waals surface area contributed by atoms with Crippen LogP contribution in [0.25, 0.3) is 0 Å². The minimum Gasteiger partial charge on any atom is -0.479 e. The predicted molar refractivity (Wildman–Crippen MR) is 94.0 cm³/mol. The van der Waals surface area contributed by atoms with Gasteiger partial charge in [0, 0.05) is 19.4 Å². The highest BCUT2D eigenvalue weighted by atomic mass is 16.5. The topological polar surface area (TPSA) is 99.5 Å². The summed E-state index contributed by atoms with van der Waals surface area (Å²) < 4.78 is 5.15. The second-order valence-corrected chi connectivity index (χ2v) is 6.49. The van der Waals surface area contributed by atoms with Gasteiger partial charge in [-0.15, -0.1) is 0 Å². The largest absolute Gasteiger partial charge is 0.479 e. The van der Waals surface area contributed by atoms with Crippen molar-refractivity contribution in [1.29, 1.82) is 0 Å². The van der Waals surface area contributed by atoms with Crippen LogP contribution in [0.1, 0.15) is 24.0 Å². The third-order valence-corrected chi connectivity index (χ3v) is 4.50. The molecular weight excluding hydrogens is 338 g/mol. The number of hydrogen-bond donors (Lipinski definition) is 1. The number of aliphatic carboxylic acids is 1. The highest BCUT2D eigenvalue weighted by molar-refractivity contribution is 6.40. The van der Waals surface area contributed by atoms with Gasteiger partial charge in [-0.2, -0.15) is 5.10 Å². The molecule has 3 rings (SSSR count). The van der Waals surface area contributed by atoms with Gasteiger partial charge in [-0.1, -0.05) is 12.1 Å². The van der Waals surface area contributed by atoms with Gasteiger partial charge in [-0.3, -0.25) is 9.59 Å². The van der Waals surface area contributed by atoms with Crippen molar-refractivity contribution in [2.45, 2.75) is 32.8 Å². The first-order chi connectivity index (χ1) is 12.4. The molecule has 0 unspecified atom stereocenters. The third-order valence-electron chi connectivity index (χ3n) is 4.50. The van der Waals surface area contributed by atoms with Gasteiger partial charge >= 0.3 is 5.97 Å². The average Bonchev–Trinajstić information content (AvgIpc) is 2.64. The van der Waals surface area contributed by atoms with Gasteiger partial charge in [-0.05, 0) is 31.0 Å². The second kappa shape index (κ2) is 7.25. The monoisotopic (exact) mass is 359 g/mol. The number of carbonyl (C=O) groups is 3. The molecule has 0 bridgehead atoms. The number of hydrazone groups is 1. The molecular formula is C18H21N3O5. The molecule has 8 heteroatoms. The Morgan fingerprint density at radius 2 is 2.04 bits per heavy atom. The van der Waals surface area contributed by atoms with Crippen LogP contribution in [0.2, 0.25) is 0 Å². The number of benzene rings is 1. The van der Waals surface area contributed by atoms with E-state index in [1.165, 1.54) is 9.91 Å². The molecule has 1 atom stereocenters. The average molecular weight is 359 g/mol. The molecule has 1 N–H and O–H groups in total. The van der Waals surface area contributed by atoms with Crippen LogP contribution in [0.4, 0.5) is 5.69 Å². The lowest BCUT2D eigenvalue weighted by Gasteiger charge is -2.32. The minimum absolute atomic E-state index is 0.0232. The van der Waals surface area contributed by atoms with Crippen molar-refractivity contribution in [3.8, 4) is 0 Å². The molecule has 26 heavy (non-hydrogen) atoms. The Morgan fingerprint density at radius 1 is 1.27 bits per heavy atom. The lowest BCUT2D eigenvalue weighted by molar-refractivity contribution is -0.157. The minimum atomic E-state index is -1.10. The number of aryl methyl sites for hydroxylation is 2. The fourth-order valence-electron chi connectivity index (χ4n) is 3.01. The molecule has 1 saturated heterocycles. The number of carboxylic acid groups (broad SMARTS) is 1. The quantitative estimate of drug-likeness (QED) is 0.871. The Labute approximate surface area is 151 Å². The smallest absolute Gasteiger partial charge is 0.334 e. The molecule has 1 aromatic carbocycles. The summed E-state index contributed by atoms with van der Waals surface area (Å²) in [5.41, 5.74) is 2.80. The van der Waals surface area contributed by atoms with Gasteiger partial charge < -0.3 is 14.7 Å². The molecule has 2 aliphatic rings. The van der Waals surface area contributed by atoms with Crippen LogP contribution in [-0.2, 0) is 19.1 Å². The van der Waals surface area contributed by atoms with Crippen molar-refractivity contribution >= 4 is 29.2 Å². The van der Waals surface area contributed by atoms with E-state index in [2.05, 4.69) is 5.10 Å². The van der Waals surface area contributed by atoms with Crippen molar-refractivity contribution in [3.63, 3.8) is 0 Å². The Bertz CT molecular complexity index is 789. The molecule has 0 aromatic heterocycles. The Morgan fingerprint density at radius 3 is 2.77 bits per heavy atom. The van der Waals surface area contributed by atoms with Crippen molar-refractivity contribution in [1.82, 2.24) is 4.90 Å². The highest BCUT2D eigenvalue weighted by Crippen LogP contribution is 2.26. The Balaban J connectivity index is 1.85. The van der Waals surface area contributed by atoms with E-state index in [0.29, 0.717) is 12.2 Å². The summed E-state index contributed by atoms with van der Waals surface area (Å²) in [6.07, 6.45) is -0.604. The van der Waals surface area contributed by atoms with Crippen LogP contribution in [0, 0.1) is 13.8 Å². The molecule has 8 nitrogen and oxygen atoms in total. The summed E-state index contributed by atoms with van der Waals surface area (Å²) >= 11 is 0. The molecule has 2 aliphatic heterocycles. The molecule has 138 valence electrons. The zero-order valence-corrected chi connectivity index (χ0v) is 14.8. The maximum Gasteiger partial charge on any atom is 0.334 e. The van der Waals surface area contributed by atoms with E-state index in [-0.39, 0.29) is 43.5 Å². The molecule has 0 aliphatic carbocycles. The maximum atomic E-state index is 12.8. The summed E-state index contributed by atoms with van der Waals surface area (Å²) in [6, 6.07) is 5.71. The number of morpholine rings is 1. The van der Waals surface area contributed by atoms with Crippen LogP contribution >= 0.6 is 0 Å². The van der Waals surface area contributed by atoms with Gasteiger partial charge in [0.05, 0.1) is 18.8 Å². The van der Waals surface area contributed by atoms with Crippen molar-refractivity contribution in [3.05, 3.63) is 29.3 Å². The van der Waals surface area contributed by atoms with Crippen LogP contribution in [0.3, 0.4) is 0 Å². The standard InChI is InChI=1S/C18H21N3O5/c1-11-3-4-12(2)14(9-11)21-16(22)6-5-13(19-21)17(23)20-7-8-26-15(10-20)18(24)25/h3-4,9,15H,5-8,10H2,1-2H3,(H,24,25)/t15-/m1/s1. The lowest BCUT2D eigenvalue weighted by atomic mass is 10.1. The molecule has 0 radical (unpaired) electrons. The molecule has 1 fully saturated rings. The summed E-state index contributed by atoms with van der Waals surface area (Å²) in [5, 5.41) is 14.7. The lowest BCUT2D eigenvalue weighted by Crippen LogP contribution is -2.51. The molecule has 0 saturated carbocycles. The zero-order valence-electron chi connectivity index (χ0n) is 14.8. The van der Waals surface area contributed by atoms with Crippen molar-refractivity contribution < 1.29 is 24.2 Å². The summed E-state index contributed by atoms with van der Waals surface area (Å²) in [5.74, 6) is -1.61. The third kappa shape index (κ3) is 3.60. The Hall–Kier alpha value is -2.74. The van der Waals surface area contributed by atoms with Crippen LogP contribution in [0.15, 0.2) is 23.3 Å². The number of amides is 2. The highest BCUT2D eigenvalue weighted by Gasteiger charge is 2.33. The van der Waals surface area contributed by atoms with Crippen molar-refractivity contribution in [2.75, 3.05) is 24.7 Å². The first-order valence-electron chi connectivity index (χ1n) is 8.48. The van der Waals surface area contributed by atoms with E-state index in [4.69, 9.17) is 9.84 Å². The van der Waals surface area contributed by atoms with E-state index in [0.717, 1.165) is 11.1 Å². The van der Waals surface area contributed by atoms with Crippen LogP contribution < -0.4 is 5.01 Å². The fraction of sp³-hybridized carbons (Fsp3) is 0.444. The van der Waals surface area contributed by atoms with E-state index in [1.807, 2.05) is 32.0 Å². The van der Waals surface area contributed by atoms with Gasteiger partial charge in [0.25, 0.3) is 5.91 Å². The van der Waals surface area contributed by atoms with Crippen LogP contribution in [0.5, 0.6) is 0 Å². The molecule has 1 aromatic rings. The predicted octanol–water partition coefficient (Wildman–Crippen LogP) is 1.10. The number of rotatable bonds is 3. The van der Waals surface area contributed by atoms with Gasteiger partial charge in [0.2, 0.25) is 5.91 Å². The van der Waals surface area contributed by atoms with E-state index >= 15 is 0 Å². The summed E-state index contributed by atoms with van der Waals surface area (Å²) in [4.78, 5) is 37.6. The van der Waals surface area contributed by atoms with Crippen LogP contribution in [-0.4, -0.2) is 59.3 Å². The number of anilines is 1. The fourth-order valence-corrected chi connectivity index (χ4v) is 3.01. The molecule has 0 spiro atoms. The van der Waals surface area contributed by atoms with Gasteiger partial charge in [-0.25, -0.2) is 9.80 Å². The number of ether oxygens (including phenoxy) is 1. The van der Waals surface area contributed by atoms with E-state index < -0.39 is 12.1 Å². The SMILES string of the molecule is Cc1ccc(C)c(N2N=C(C(=O)N3CCO[C@@H](C(=O)O)C3)CCC2=O)c1. The van der Waals surface area contributed by atoms with E-state index in [9.17, 15) is 14.4 Å². The Kier molecular flexibility index (Phi) is 5.03. The van der Waals surface area contributed by atoms with E-state index in [1.54, 1.807) is 0 Å². The van der Waals surface area contributed by atoms with Gasteiger partial charge in [0.1, 0.15) is 5.71 Å². The number of hydrogen-bond acceptors (Lipinski definition) is 5. The molecule has 2 heterocycles. The summed E-state index contributed by atoms with van der Waals surface area (Å²) in [7, 11) is 0. The summed E-state index contributed by atoms with van der Waals surface area (Å²) in [6.45, 7) is 4.25.